The zero-order chi connectivity index (χ0) is 12.4. The highest BCUT2D eigenvalue weighted by Crippen LogP contribution is 2.24. The van der Waals surface area contributed by atoms with Crippen molar-refractivity contribution < 1.29 is 0 Å². The number of nitrogens with zero attached hydrogens (tertiary/aromatic N) is 3. The van der Waals surface area contributed by atoms with Gasteiger partial charge >= 0.3 is 0 Å². The van der Waals surface area contributed by atoms with Crippen LogP contribution in [-0.4, -0.2) is 27.1 Å². The quantitative estimate of drug-likeness (QED) is 0.824. The number of piperidine rings is 1. The highest BCUT2D eigenvalue weighted by atomic mass is 35.5. The van der Waals surface area contributed by atoms with Gasteiger partial charge < -0.3 is 5.43 Å². The highest BCUT2D eigenvalue weighted by Gasteiger charge is 2.25. The van der Waals surface area contributed by atoms with Crippen molar-refractivity contribution in [3.8, 4) is 0 Å². The summed E-state index contributed by atoms with van der Waals surface area (Å²) in [6.45, 7) is 6.46. The van der Waals surface area contributed by atoms with E-state index in [2.05, 4.69) is 34.3 Å². The first-order chi connectivity index (χ1) is 8.08. The molecular formula is C12H19ClN4. The van der Waals surface area contributed by atoms with Gasteiger partial charge in [-0.1, -0.05) is 6.42 Å². The fourth-order valence-electron chi connectivity index (χ4n) is 2.30. The van der Waals surface area contributed by atoms with Crippen LogP contribution >= 0.6 is 11.6 Å². The van der Waals surface area contributed by atoms with Crippen molar-refractivity contribution in [1.82, 2.24) is 15.0 Å². The minimum Gasteiger partial charge on any atom is -0.302 e. The topological polar surface area (TPSA) is 41.1 Å². The summed E-state index contributed by atoms with van der Waals surface area (Å²) in [6, 6.07) is 1.04. The Balaban J connectivity index is 2.16. The second kappa shape index (κ2) is 5.19. The van der Waals surface area contributed by atoms with Crippen molar-refractivity contribution in [2.24, 2.45) is 0 Å². The Morgan fingerprint density at radius 2 is 2.00 bits per heavy atom. The van der Waals surface area contributed by atoms with E-state index >= 15 is 0 Å². The lowest BCUT2D eigenvalue weighted by atomic mass is 10.00. The van der Waals surface area contributed by atoms with Gasteiger partial charge in [0.2, 0.25) is 5.28 Å². The zero-order valence-corrected chi connectivity index (χ0v) is 11.3. The van der Waals surface area contributed by atoms with E-state index in [4.69, 9.17) is 11.6 Å². The van der Waals surface area contributed by atoms with Crippen LogP contribution in [0.15, 0.2) is 6.20 Å². The molecule has 1 aliphatic heterocycles. The molecule has 1 fully saturated rings. The van der Waals surface area contributed by atoms with Crippen molar-refractivity contribution in [3.05, 3.63) is 17.0 Å². The van der Waals surface area contributed by atoms with E-state index in [0.717, 1.165) is 11.4 Å². The minimum absolute atomic E-state index is 0.287. The van der Waals surface area contributed by atoms with Gasteiger partial charge in [0, 0.05) is 23.8 Å². The van der Waals surface area contributed by atoms with Crippen molar-refractivity contribution in [1.29, 1.82) is 0 Å². The molecule has 0 aliphatic carbocycles. The number of halogens is 1. The second-order valence-electron chi connectivity index (χ2n) is 4.82. The summed E-state index contributed by atoms with van der Waals surface area (Å²) in [7, 11) is 0. The maximum absolute atomic E-state index is 5.83. The van der Waals surface area contributed by atoms with Gasteiger partial charge in [0.15, 0.2) is 0 Å². The van der Waals surface area contributed by atoms with E-state index in [1.807, 2.05) is 6.92 Å². The van der Waals surface area contributed by atoms with E-state index in [1.54, 1.807) is 6.20 Å². The number of rotatable bonds is 2. The predicted molar refractivity (Wildman–Crippen MR) is 70.0 cm³/mol. The molecule has 1 aromatic heterocycles. The molecular weight excluding hydrogens is 236 g/mol. The Labute approximate surface area is 107 Å². The number of anilines is 1. The van der Waals surface area contributed by atoms with Crippen molar-refractivity contribution in [2.45, 2.75) is 52.1 Å². The maximum atomic E-state index is 5.83. The Morgan fingerprint density at radius 1 is 1.35 bits per heavy atom. The average Bonchev–Trinajstić information content (AvgIpc) is 2.28. The molecule has 17 heavy (non-hydrogen) atoms. The van der Waals surface area contributed by atoms with Crippen LogP contribution in [-0.2, 0) is 0 Å². The van der Waals surface area contributed by atoms with Crippen LogP contribution in [0.2, 0.25) is 5.28 Å². The lowest BCUT2D eigenvalue weighted by Crippen LogP contribution is -2.47. The van der Waals surface area contributed by atoms with E-state index < -0.39 is 0 Å². The second-order valence-corrected chi connectivity index (χ2v) is 5.16. The Kier molecular flexibility index (Phi) is 3.84. The summed E-state index contributed by atoms with van der Waals surface area (Å²) in [5.41, 5.74) is 4.40. The summed E-state index contributed by atoms with van der Waals surface area (Å²) in [6.07, 6.45) is 5.48. The standard InChI is InChI=1S/C12H19ClN4/c1-8-7-14-12(13)15-11(8)16-17-9(2)5-4-6-10(17)3/h7,9-10H,4-6H2,1-3H3,(H,14,15,16). The van der Waals surface area contributed by atoms with Crippen LogP contribution in [0.1, 0.15) is 38.7 Å². The molecule has 2 heterocycles. The summed E-state index contributed by atoms with van der Waals surface area (Å²) in [4.78, 5) is 8.20. The van der Waals surface area contributed by atoms with Crippen molar-refractivity contribution in [3.63, 3.8) is 0 Å². The SMILES string of the molecule is Cc1cnc(Cl)nc1NN1C(C)CCCC1C. The van der Waals surface area contributed by atoms with E-state index in [0.29, 0.717) is 12.1 Å². The third kappa shape index (κ3) is 2.87. The molecule has 1 saturated heterocycles. The molecule has 4 nitrogen and oxygen atoms in total. The van der Waals surface area contributed by atoms with Crippen LogP contribution in [0.4, 0.5) is 5.82 Å². The number of nitrogens with one attached hydrogen (secondary N) is 1. The predicted octanol–water partition coefficient (Wildman–Crippen LogP) is 3.03. The van der Waals surface area contributed by atoms with Gasteiger partial charge in [-0.3, -0.25) is 0 Å². The van der Waals surface area contributed by atoms with Crippen LogP contribution in [0.5, 0.6) is 0 Å². The first-order valence-corrected chi connectivity index (χ1v) is 6.50. The van der Waals surface area contributed by atoms with Gasteiger partial charge in [0.1, 0.15) is 5.82 Å². The third-order valence-electron chi connectivity index (χ3n) is 3.37. The van der Waals surface area contributed by atoms with Gasteiger partial charge in [-0.2, -0.15) is 4.98 Å². The van der Waals surface area contributed by atoms with Gasteiger partial charge in [-0.25, -0.2) is 9.99 Å². The first kappa shape index (κ1) is 12.6. The Bertz CT molecular complexity index is 386. The summed E-state index contributed by atoms with van der Waals surface area (Å²) in [5.74, 6) is 0.811. The minimum atomic E-state index is 0.287. The molecule has 94 valence electrons. The van der Waals surface area contributed by atoms with E-state index in [1.165, 1.54) is 19.3 Å². The van der Waals surface area contributed by atoms with Crippen molar-refractivity contribution in [2.75, 3.05) is 5.43 Å². The molecule has 1 aromatic rings. The van der Waals surface area contributed by atoms with Crippen LogP contribution in [0.25, 0.3) is 0 Å². The summed E-state index contributed by atoms with van der Waals surface area (Å²) >= 11 is 5.83. The number of hydrogen-bond acceptors (Lipinski definition) is 4. The van der Waals surface area contributed by atoms with Gasteiger partial charge in [0.25, 0.3) is 0 Å². The van der Waals surface area contributed by atoms with Crippen LogP contribution in [0, 0.1) is 6.92 Å². The van der Waals surface area contributed by atoms with Gasteiger partial charge in [0.05, 0.1) is 0 Å². The molecule has 0 saturated carbocycles. The zero-order valence-electron chi connectivity index (χ0n) is 10.6. The first-order valence-electron chi connectivity index (χ1n) is 6.12. The molecule has 0 aromatic carbocycles. The van der Waals surface area contributed by atoms with Crippen LogP contribution < -0.4 is 5.43 Å². The third-order valence-corrected chi connectivity index (χ3v) is 3.55. The normalized spacial score (nSPS) is 25.9. The van der Waals surface area contributed by atoms with E-state index in [9.17, 15) is 0 Å². The molecule has 0 spiro atoms. The van der Waals surface area contributed by atoms with Gasteiger partial charge in [-0.05, 0) is 45.2 Å². The van der Waals surface area contributed by atoms with Crippen LogP contribution in [0.3, 0.4) is 0 Å². The average molecular weight is 255 g/mol. The van der Waals surface area contributed by atoms with Crippen molar-refractivity contribution >= 4 is 17.4 Å². The highest BCUT2D eigenvalue weighted by molar-refractivity contribution is 6.28. The number of aromatic nitrogens is 2. The number of hydrazine groups is 1. The molecule has 1 N–H and O–H groups in total. The molecule has 1 aliphatic rings. The maximum Gasteiger partial charge on any atom is 0.224 e. The lowest BCUT2D eigenvalue weighted by Gasteiger charge is -2.39. The van der Waals surface area contributed by atoms with E-state index in [-0.39, 0.29) is 5.28 Å². The molecule has 5 heteroatoms. The number of aryl methyl sites for hydroxylation is 1. The molecule has 2 unspecified atom stereocenters. The lowest BCUT2D eigenvalue weighted by molar-refractivity contribution is 0.135. The fourth-order valence-corrected chi connectivity index (χ4v) is 2.43. The summed E-state index contributed by atoms with van der Waals surface area (Å²) < 4.78 is 0. The molecule has 2 atom stereocenters. The monoisotopic (exact) mass is 254 g/mol. The Morgan fingerprint density at radius 3 is 2.65 bits per heavy atom. The molecule has 2 rings (SSSR count). The smallest absolute Gasteiger partial charge is 0.224 e. The Hall–Kier alpha value is -0.870. The molecule has 0 bridgehead atoms. The molecule has 0 amide bonds. The largest absolute Gasteiger partial charge is 0.302 e. The van der Waals surface area contributed by atoms with Gasteiger partial charge in [-0.15, -0.1) is 0 Å². The summed E-state index contributed by atoms with van der Waals surface area (Å²) in [5, 5.41) is 2.56. The molecule has 0 radical (unpaired) electrons. The fraction of sp³-hybridized carbons (Fsp3) is 0.667. The number of hydrogen-bond donors (Lipinski definition) is 1.